The van der Waals surface area contributed by atoms with Gasteiger partial charge in [-0.15, -0.1) is 6.58 Å². The summed E-state index contributed by atoms with van der Waals surface area (Å²) in [6.07, 6.45) is 8.53. The number of rotatable bonds is 5. The Labute approximate surface area is 161 Å². The van der Waals surface area contributed by atoms with E-state index in [2.05, 4.69) is 29.5 Å². The van der Waals surface area contributed by atoms with E-state index in [0.717, 1.165) is 51.1 Å². The van der Waals surface area contributed by atoms with Crippen LogP contribution in [-0.4, -0.2) is 72.5 Å². The molecule has 2 saturated heterocycles. The number of amides is 1. The number of nitrogens with zero attached hydrogens (tertiary/aromatic N) is 3. The molecule has 4 nitrogen and oxygen atoms in total. The Morgan fingerprint density at radius 2 is 1.93 bits per heavy atom. The van der Waals surface area contributed by atoms with Crippen LogP contribution in [0.25, 0.3) is 6.08 Å². The van der Waals surface area contributed by atoms with Crippen molar-refractivity contribution < 1.29 is 9.18 Å². The van der Waals surface area contributed by atoms with Gasteiger partial charge in [0.1, 0.15) is 5.82 Å². The molecule has 2 aliphatic heterocycles. The number of benzene rings is 1. The first-order valence-corrected chi connectivity index (χ1v) is 9.77. The fourth-order valence-corrected chi connectivity index (χ4v) is 4.19. The second-order valence-electron chi connectivity index (χ2n) is 7.71. The summed E-state index contributed by atoms with van der Waals surface area (Å²) >= 11 is 0. The van der Waals surface area contributed by atoms with Gasteiger partial charge in [-0.25, -0.2) is 4.39 Å². The van der Waals surface area contributed by atoms with Crippen LogP contribution in [0, 0.1) is 5.82 Å². The van der Waals surface area contributed by atoms with Crippen molar-refractivity contribution in [3.63, 3.8) is 0 Å². The summed E-state index contributed by atoms with van der Waals surface area (Å²) < 4.78 is 13.0. The van der Waals surface area contributed by atoms with Crippen LogP contribution in [0.1, 0.15) is 24.8 Å². The van der Waals surface area contributed by atoms with Crippen LogP contribution in [-0.2, 0) is 4.79 Å². The largest absolute Gasteiger partial charge is 0.339 e. The minimum atomic E-state index is -0.207. The summed E-state index contributed by atoms with van der Waals surface area (Å²) in [7, 11) is 2.19. The lowest BCUT2D eigenvalue weighted by Crippen LogP contribution is -2.61. The molecule has 1 aromatic carbocycles. The van der Waals surface area contributed by atoms with E-state index in [-0.39, 0.29) is 17.3 Å². The number of carbonyl (C=O) groups is 1. The molecule has 27 heavy (non-hydrogen) atoms. The summed E-state index contributed by atoms with van der Waals surface area (Å²) in [5, 5.41) is 0. The SMILES string of the molecule is C=CCN1CCC2(CCC1=O)CN(C/C=C/c1ccc(F)cc1)CCN2C. The van der Waals surface area contributed by atoms with Crippen molar-refractivity contribution in [3.05, 3.63) is 54.4 Å². The van der Waals surface area contributed by atoms with Gasteiger partial charge in [-0.05, 0) is 37.6 Å². The third-order valence-electron chi connectivity index (χ3n) is 5.98. The number of likely N-dealkylation sites (tertiary alicyclic amines) is 1. The zero-order chi connectivity index (χ0) is 19.3. The van der Waals surface area contributed by atoms with Gasteiger partial charge >= 0.3 is 0 Å². The summed E-state index contributed by atoms with van der Waals surface area (Å²) in [6, 6.07) is 6.56. The van der Waals surface area contributed by atoms with Gasteiger partial charge in [0.2, 0.25) is 5.91 Å². The van der Waals surface area contributed by atoms with E-state index < -0.39 is 0 Å². The van der Waals surface area contributed by atoms with E-state index in [1.807, 2.05) is 17.1 Å². The average Bonchev–Trinajstić information content (AvgIpc) is 2.81. The Morgan fingerprint density at radius 1 is 1.15 bits per heavy atom. The molecular formula is C22H30FN3O. The van der Waals surface area contributed by atoms with E-state index in [1.54, 1.807) is 12.1 Å². The third kappa shape index (κ3) is 4.85. The van der Waals surface area contributed by atoms with Gasteiger partial charge in [0.05, 0.1) is 0 Å². The number of likely N-dealkylation sites (N-methyl/N-ethyl adjacent to an activating group) is 1. The smallest absolute Gasteiger partial charge is 0.222 e. The van der Waals surface area contributed by atoms with Gasteiger partial charge in [-0.1, -0.05) is 30.4 Å². The van der Waals surface area contributed by atoms with Crippen molar-refractivity contribution in [2.75, 3.05) is 46.3 Å². The maximum Gasteiger partial charge on any atom is 0.222 e. The van der Waals surface area contributed by atoms with Crippen LogP contribution in [0.15, 0.2) is 43.0 Å². The first kappa shape index (κ1) is 19.8. The molecule has 2 fully saturated rings. The number of hydrogen-bond donors (Lipinski definition) is 0. The molecule has 5 heteroatoms. The second-order valence-corrected chi connectivity index (χ2v) is 7.71. The van der Waals surface area contributed by atoms with Gasteiger partial charge in [0.25, 0.3) is 0 Å². The maximum absolute atomic E-state index is 13.0. The highest BCUT2D eigenvalue weighted by atomic mass is 19.1. The van der Waals surface area contributed by atoms with Crippen LogP contribution in [0.3, 0.4) is 0 Å². The first-order chi connectivity index (χ1) is 13.0. The highest BCUT2D eigenvalue weighted by Gasteiger charge is 2.41. The minimum absolute atomic E-state index is 0.0630. The Kier molecular flexibility index (Phi) is 6.45. The zero-order valence-electron chi connectivity index (χ0n) is 16.2. The van der Waals surface area contributed by atoms with E-state index >= 15 is 0 Å². The normalized spacial score (nSPS) is 25.3. The van der Waals surface area contributed by atoms with Crippen molar-refractivity contribution in [2.24, 2.45) is 0 Å². The van der Waals surface area contributed by atoms with Gasteiger partial charge in [-0.3, -0.25) is 14.6 Å². The lowest BCUT2D eigenvalue weighted by Gasteiger charge is -2.49. The highest BCUT2D eigenvalue weighted by molar-refractivity contribution is 5.76. The third-order valence-corrected chi connectivity index (χ3v) is 5.98. The molecule has 0 radical (unpaired) electrons. The Bertz CT molecular complexity index is 687. The molecule has 3 rings (SSSR count). The predicted octanol–water partition coefficient (Wildman–Crippen LogP) is 3.02. The van der Waals surface area contributed by atoms with Crippen LogP contribution in [0.5, 0.6) is 0 Å². The molecular weight excluding hydrogens is 341 g/mol. The molecule has 1 spiro atoms. The molecule has 2 heterocycles. The molecule has 0 aliphatic carbocycles. The maximum atomic E-state index is 13.0. The van der Waals surface area contributed by atoms with Crippen LogP contribution >= 0.6 is 0 Å². The number of halogens is 1. The number of hydrogen-bond acceptors (Lipinski definition) is 3. The van der Waals surface area contributed by atoms with Gasteiger partial charge < -0.3 is 4.90 Å². The minimum Gasteiger partial charge on any atom is -0.339 e. The zero-order valence-corrected chi connectivity index (χ0v) is 16.2. The monoisotopic (exact) mass is 371 g/mol. The molecule has 0 saturated carbocycles. The molecule has 0 N–H and O–H groups in total. The second kappa shape index (κ2) is 8.81. The van der Waals surface area contributed by atoms with Gasteiger partial charge in [-0.2, -0.15) is 0 Å². The fraction of sp³-hybridized carbons (Fsp3) is 0.500. The van der Waals surface area contributed by atoms with E-state index in [1.165, 1.54) is 12.1 Å². The molecule has 1 atom stereocenters. The molecule has 1 aromatic rings. The molecule has 1 unspecified atom stereocenters. The highest BCUT2D eigenvalue weighted by Crippen LogP contribution is 2.32. The molecule has 146 valence electrons. The molecule has 0 aromatic heterocycles. The van der Waals surface area contributed by atoms with E-state index in [0.29, 0.717) is 13.0 Å². The standard InChI is InChI=1S/C22H30FN3O/c1-3-13-26-15-12-22(11-10-21(26)27)18-25(17-16-24(22)2)14-4-5-19-6-8-20(23)9-7-19/h3-9H,1,10-18H2,2H3/b5-4+. The van der Waals surface area contributed by atoms with E-state index in [9.17, 15) is 9.18 Å². The quantitative estimate of drug-likeness (QED) is 0.745. The fourth-order valence-electron chi connectivity index (χ4n) is 4.19. The van der Waals surface area contributed by atoms with Gasteiger partial charge in [0, 0.05) is 51.2 Å². The number of piperazine rings is 1. The average molecular weight is 372 g/mol. The predicted molar refractivity (Wildman–Crippen MR) is 108 cm³/mol. The van der Waals surface area contributed by atoms with Crippen molar-refractivity contribution in [3.8, 4) is 0 Å². The molecule has 2 aliphatic rings. The molecule has 1 amide bonds. The van der Waals surface area contributed by atoms with Crippen molar-refractivity contribution in [1.29, 1.82) is 0 Å². The number of carbonyl (C=O) groups excluding carboxylic acids is 1. The summed E-state index contributed by atoms with van der Waals surface area (Å²) in [6.45, 7) is 9.10. The van der Waals surface area contributed by atoms with Crippen LogP contribution in [0.2, 0.25) is 0 Å². The van der Waals surface area contributed by atoms with Gasteiger partial charge in [0.15, 0.2) is 0 Å². The summed E-state index contributed by atoms with van der Waals surface area (Å²) in [5.74, 6) is 0.0371. The van der Waals surface area contributed by atoms with Crippen molar-refractivity contribution in [2.45, 2.75) is 24.8 Å². The van der Waals surface area contributed by atoms with Crippen LogP contribution < -0.4 is 0 Å². The lowest BCUT2D eigenvalue weighted by atomic mass is 9.86. The Balaban J connectivity index is 1.62. The Hall–Kier alpha value is -1.98. The summed E-state index contributed by atoms with van der Waals surface area (Å²) in [5.41, 5.74) is 1.08. The summed E-state index contributed by atoms with van der Waals surface area (Å²) in [4.78, 5) is 19.2. The van der Waals surface area contributed by atoms with Crippen molar-refractivity contribution in [1.82, 2.24) is 14.7 Å². The van der Waals surface area contributed by atoms with Crippen molar-refractivity contribution >= 4 is 12.0 Å². The van der Waals surface area contributed by atoms with E-state index in [4.69, 9.17) is 0 Å². The van der Waals surface area contributed by atoms with Crippen LogP contribution in [0.4, 0.5) is 4.39 Å². The first-order valence-electron chi connectivity index (χ1n) is 9.77. The molecule has 0 bridgehead atoms. The topological polar surface area (TPSA) is 26.8 Å². The lowest BCUT2D eigenvalue weighted by molar-refractivity contribution is -0.130. The Morgan fingerprint density at radius 3 is 2.67 bits per heavy atom.